The van der Waals surface area contributed by atoms with Crippen molar-refractivity contribution in [3.63, 3.8) is 0 Å². The second-order valence-corrected chi connectivity index (χ2v) is 5.47. The van der Waals surface area contributed by atoms with Crippen molar-refractivity contribution >= 4 is 46.1 Å². The summed E-state index contributed by atoms with van der Waals surface area (Å²) in [7, 11) is 0. The first-order valence-corrected chi connectivity index (χ1v) is 6.70. The van der Waals surface area contributed by atoms with E-state index >= 15 is 0 Å². The number of amides is 1. The summed E-state index contributed by atoms with van der Waals surface area (Å²) in [6, 6.07) is 7.19. The van der Waals surface area contributed by atoms with E-state index in [0.717, 1.165) is 5.56 Å². The molecule has 0 bridgehead atoms. The highest BCUT2D eigenvalue weighted by Gasteiger charge is 2.21. The molecule has 3 nitrogen and oxygen atoms in total. The standard InChI is InChI=1S/C13H11NO2S2/c1-2-10(15)9-5-3-8(4-6-9)7-11-12(16)14-13(17)18-11/h3-7H,2H2,1H3,(H,14,16,17)/b11-7-. The number of hydrogen-bond acceptors (Lipinski definition) is 4. The highest BCUT2D eigenvalue weighted by atomic mass is 32.2. The van der Waals surface area contributed by atoms with Crippen LogP contribution < -0.4 is 5.32 Å². The summed E-state index contributed by atoms with van der Waals surface area (Å²) in [5.74, 6) is -0.0536. The van der Waals surface area contributed by atoms with Gasteiger partial charge in [0.15, 0.2) is 5.78 Å². The Labute approximate surface area is 115 Å². The molecule has 1 amide bonds. The van der Waals surface area contributed by atoms with Gasteiger partial charge in [-0.25, -0.2) is 0 Å². The molecular formula is C13H11NO2S2. The maximum atomic E-state index is 11.5. The number of ketones is 1. The van der Waals surface area contributed by atoms with Gasteiger partial charge < -0.3 is 5.32 Å². The lowest BCUT2D eigenvalue weighted by atomic mass is 10.1. The summed E-state index contributed by atoms with van der Waals surface area (Å²) in [6.45, 7) is 1.83. The molecule has 18 heavy (non-hydrogen) atoms. The predicted molar refractivity (Wildman–Crippen MR) is 77.4 cm³/mol. The number of benzene rings is 1. The molecule has 1 heterocycles. The smallest absolute Gasteiger partial charge is 0.263 e. The second-order valence-electron chi connectivity index (χ2n) is 3.75. The molecule has 2 rings (SSSR count). The lowest BCUT2D eigenvalue weighted by Crippen LogP contribution is -2.17. The lowest BCUT2D eigenvalue weighted by Gasteiger charge is -1.99. The number of thioether (sulfide) groups is 1. The minimum Gasteiger partial charge on any atom is -0.307 e. The molecule has 1 N–H and O–H groups in total. The quantitative estimate of drug-likeness (QED) is 0.524. The summed E-state index contributed by atoms with van der Waals surface area (Å²) in [5.41, 5.74) is 1.57. The van der Waals surface area contributed by atoms with Gasteiger partial charge in [0, 0.05) is 12.0 Å². The molecule has 1 aliphatic rings. The summed E-state index contributed by atoms with van der Waals surface area (Å²) >= 11 is 6.15. The first-order chi connectivity index (χ1) is 8.60. The van der Waals surface area contributed by atoms with E-state index in [1.807, 2.05) is 19.1 Å². The largest absolute Gasteiger partial charge is 0.307 e. The van der Waals surface area contributed by atoms with Crippen molar-refractivity contribution in [2.24, 2.45) is 0 Å². The molecule has 0 saturated carbocycles. The van der Waals surface area contributed by atoms with Crippen LogP contribution in [0.15, 0.2) is 29.2 Å². The number of nitrogens with one attached hydrogen (secondary N) is 1. The molecule has 1 fully saturated rings. The van der Waals surface area contributed by atoms with Gasteiger partial charge in [-0.05, 0) is 11.6 Å². The Morgan fingerprint density at radius 2 is 2.06 bits per heavy atom. The van der Waals surface area contributed by atoms with Gasteiger partial charge in [0.2, 0.25) is 0 Å². The van der Waals surface area contributed by atoms with Gasteiger partial charge in [-0.2, -0.15) is 0 Å². The Bertz CT molecular complexity index is 547. The number of carbonyl (C=O) groups excluding carboxylic acids is 2. The Balaban J connectivity index is 2.21. The molecule has 5 heteroatoms. The van der Waals surface area contributed by atoms with E-state index < -0.39 is 0 Å². The molecule has 1 aromatic rings. The van der Waals surface area contributed by atoms with Crippen molar-refractivity contribution < 1.29 is 9.59 Å². The van der Waals surface area contributed by atoms with Crippen molar-refractivity contribution in [1.82, 2.24) is 5.32 Å². The second kappa shape index (κ2) is 5.46. The number of rotatable bonds is 3. The van der Waals surface area contributed by atoms with Crippen LogP contribution in [0.3, 0.4) is 0 Å². The van der Waals surface area contributed by atoms with Crippen LogP contribution in [0.25, 0.3) is 6.08 Å². The van der Waals surface area contributed by atoms with Gasteiger partial charge in [0.25, 0.3) is 5.91 Å². The van der Waals surface area contributed by atoms with Crippen LogP contribution >= 0.6 is 24.0 Å². The van der Waals surface area contributed by atoms with E-state index in [9.17, 15) is 9.59 Å². The van der Waals surface area contributed by atoms with Crippen molar-refractivity contribution in [1.29, 1.82) is 0 Å². The lowest BCUT2D eigenvalue weighted by molar-refractivity contribution is -0.115. The Morgan fingerprint density at radius 3 is 2.56 bits per heavy atom. The Morgan fingerprint density at radius 1 is 1.39 bits per heavy atom. The highest BCUT2D eigenvalue weighted by Crippen LogP contribution is 2.25. The van der Waals surface area contributed by atoms with E-state index in [1.54, 1.807) is 18.2 Å². The van der Waals surface area contributed by atoms with Gasteiger partial charge in [0.1, 0.15) is 4.32 Å². The van der Waals surface area contributed by atoms with Crippen LogP contribution in [0.1, 0.15) is 29.3 Å². The van der Waals surface area contributed by atoms with Crippen molar-refractivity contribution in [3.05, 3.63) is 40.3 Å². The molecule has 0 atom stereocenters. The number of Topliss-reactive ketones (excluding diaryl/α,β-unsaturated/α-hetero) is 1. The van der Waals surface area contributed by atoms with Crippen LogP contribution in [0.2, 0.25) is 0 Å². The van der Waals surface area contributed by atoms with Gasteiger partial charge >= 0.3 is 0 Å². The SMILES string of the molecule is CCC(=O)c1ccc(/C=C2\SC(=S)NC2=O)cc1. The van der Waals surface area contributed by atoms with Crippen LogP contribution in [-0.2, 0) is 4.79 Å². The summed E-state index contributed by atoms with van der Waals surface area (Å²) in [5, 5.41) is 2.56. The molecule has 0 aliphatic carbocycles. The zero-order valence-corrected chi connectivity index (χ0v) is 11.4. The third kappa shape index (κ3) is 2.86. The van der Waals surface area contributed by atoms with Crippen molar-refractivity contribution in [2.75, 3.05) is 0 Å². The third-order valence-corrected chi connectivity index (χ3v) is 3.66. The average molecular weight is 277 g/mol. The topological polar surface area (TPSA) is 46.2 Å². The highest BCUT2D eigenvalue weighted by molar-refractivity contribution is 8.26. The molecule has 1 saturated heterocycles. The van der Waals surface area contributed by atoms with E-state index in [1.165, 1.54) is 11.8 Å². The third-order valence-electron chi connectivity index (χ3n) is 2.49. The van der Waals surface area contributed by atoms with Gasteiger partial charge in [-0.1, -0.05) is 55.2 Å². The maximum absolute atomic E-state index is 11.5. The number of hydrogen-bond donors (Lipinski definition) is 1. The molecule has 0 spiro atoms. The monoisotopic (exact) mass is 277 g/mol. The molecule has 0 aromatic heterocycles. The Kier molecular flexibility index (Phi) is 3.93. The Hall–Kier alpha value is -1.46. The molecular weight excluding hydrogens is 266 g/mol. The zero-order valence-electron chi connectivity index (χ0n) is 9.73. The normalized spacial score (nSPS) is 17.1. The van der Waals surface area contributed by atoms with Crippen LogP contribution in [0, 0.1) is 0 Å². The van der Waals surface area contributed by atoms with E-state index in [4.69, 9.17) is 12.2 Å². The summed E-state index contributed by atoms with van der Waals surface area (Å²) < 4.78 is 0.476. The number of carbonyl (C=O) groups is 2. The zero-order chi connectivity index (χ0) is 13.1. The predicted octanol–water partition coefficient (Wildman–Crippen LogP) is 2.77. The fraction of sp³-hybridized carbons (Fsp3) is 0.154. The van der Waals surface area contributed by atoms with Crippen molar-refractivity contribution in [3.8, 4) is 0 Å². The molecule has 92 valence electrons. The summed E-state index contributed by atoms with van der Waals surface area (Å²) in [6.07, 6.45) is 2.26. The summed E-state index contributed by atoms with van der Waals surface area (Å²) in [4.78, 5) is 23.5. The fourth-order valence-corrected chi connectivity index (χ4v) is 2.59. The van der Waals surface area contributed by atoms with Gasteiger partial charge in [-0.3, -0.25) is 9.59 Å². The average Bonchev–Trinajstić information content (AvgIpc) is 2.68. The first kappa shape index (κ1) is 13.0. The molecule has 1 aliphatic heterocycles. The van der Waals surface area contributed by atoms with Crippen LogP contribution in [0.4, 0.5) is 0 Å². The van der Waals surface area contributed by atoms with E-state index in [2.05, 4.69) is 5.32 Å². The number of thiocarbonyl (C=S) groups is 1. The minimum atomic E-state index is -0.168. The van der Waals surface area contributed by atoms with Crippen molar-refractivity contribution in [2.45, 2.75) is 13.3 Å². The maximum Gasteiger partial charge on any atom is 0.263 e. The fourth-order valence-electron chi connectivity index (χ4n) is 1.54. The first-order valence-electron chi connectivity index (χ1n) is 5.48. The van der Waals surface area contributed by atoms with Gasteiger partial charge in [-0.15, -0.1) is 0 Å². The molecule has 0 radical (unpaired) electrons. The van der Waals surface area contributed by atoms with Gasteiger partial charge in [0.05, 0.1) is 4.91 Å². The van der Waals surface area contributed by atoms with E-state index in [0.29, 0.717) is 21.2 Å². The van der Waals surface area contributed by atoms with Crippen LogP contribution in [-0.4, -0.2) is 16.0 Å². The molecule has 0 unspecified atom stereocenters. The molecule has 1 aromatic carbocycles. The van der Waals surface area contributed by atoms with Crippen LogP contribution in [0.5, 0.6) is 0 Å². The van der Waals surface area contributed by atoms with E-state index in [-0.39, 0.29) is 11.7 Å². The minimum absolute atomic E-state index is 0.114.